The van der Waals surface area contributed by atoms with Crippen LogP contribution in [0.25, 0.3) is 6.08 Å². The second-order valence-electron chi connectivity index (χ2n) is 4.97. The van der Waals surface area contributed by atoms with E-state index in [1.165, 1.54) is 12.1 Å². The van der Waals surface area contributed by atoms with Crippen LogP contribution in [0.2, 0.25) is 5.02 Å². The van der Waals surface area contributed by atoms with Crippen LogP contribution in [0.5, 0.6) is 5.75 Å². The number of hydrogen-bond acceptors (Lipinski definition) is 6. The number of benzene rings is 2. The van der Waals surface area contributed by atoms with Gasteiger partial charge in [0.05, 0.1) is 15.5 Å². The van der Waals surface area contributed by atoms with Crippen molar-refractivity contribution in [2.24, 2.45) is 0 Å². The average molecular weight is 377 g/mol. The molecule has 1 aliphatic heterocycles. The molecule has 1 aliphatic rings. The van der Waals surface area contributed by atoms with Crippen LogP contribution >= 0.6 is 23.4 Å². The van der Waals surface area contributed by atoms with Crippen molar-refractivity contribution in [1.82, 2.24) is 0 Å². The normalized spacial score (nSPS) is 15.9. The largest absolute Gasteiger partial charge is 0.502 e. The van der Waals surface area contributed by atoms with Gasteiger partial charge in [0.25, 0.3) is 11.1 Å². The Bertz CT molecular complexity index is 930. The molecule has 1 N–H and O–H groups in total. The summed E-state index contributed by atoms with van der Waals surface area (Å²) in [6, 6.07) is 10.6. The highest BCUT2D eigenvalue weighted by molar-refractivity contribution is 8.19. The molecule has 0 saturated carbocycles. The van der Waals surface area contributed by atoms with Gasteiger partial charge < -0.3 is 5.11 Å². The number of anilines is 1. The third-order valence-electron chi connectivity index (χ3n) is 3.38. The lowest BCUT2D eigenvalue weighted by atomic mass is 10.1. The molecule has 0 spiro atoms. The maximum absolute atomic E-state index is 12.5. The van der Waals surface area contributed by atoms with Crippen LogP contribution in [0.1, 0.15) is 5.56 Å². The fourth-order valence-electron chi connectivity index (χ4n) is 2.26. The third-order valence-corrected chi connectivity index (χ3v) is 4.46. The van der Waals surface area contributed by atoms with Crippen LogP contribution in [0.4, 0.5) is 16.2 Å². The fourth-order valence-corrected chi connectivity index (χ4v) is 3.32. The van der Waals surface area contributed by atoms with Crippen molar-refractivity contribution < 1.29 is 19.6 Å². The summed E-state index contributed by atoms with van der Waals surface area (Å²) in [5, 5.41) is 20.5. The summed E-state index contributed by atoms with van der Waals surface area (Å²) >= 11 is 6.50. The highest BCUT2D eigenvalue weighted by Gasteiger charge is 2.36. The van der Waals surface area contributed by atoms with Crippen molar-refractivity contribution in [3.63, 3.8) is 0 Å². The van der Waals surface area contributed by atoms with Crippen molar-refractivity contribution in [1.29, 1.82) is 0 Å². The average Bonchev–Trinajstić information content (AvgIpc) is 2.85. The number of carbonyl (C=O) groups is 2. The number of nitrogens with zero attached hydrogens (tertiary/aromatic N) is 2. The third kappa shape index (κ3) is 3.21. The van der Waals surface area contributed by atoms with E-state index in [4.69, 9.17) is 11.6 Å². The van der Waals surface area contributed by atoms with E-state index < -0.39 is 27.5 Å². The van der Waals surface area contributed by atoms with E-state index in [0.29, 0.717) is 17.4 Å². The molecule has 25 heavy (non-hydrogen) atoms. The van der Waals surface area contributed by atoms with Gasteiger partial charge in [-0.25, -0.2) is 4.90 Å². The number of imide groups is 1. The first-order valence-corrected chi connectivity index (χ1v) is 8.08. The van der Waals surface area contributed by atoms with Gasteiger partial charge in [0.1, 0.15) is 0 Å². The molecule has 0 aliphatic carbocycles. The van der Waals surface area contributed by atoms with E-state index >= 15 is 0 Å². The number of halogens is 1. The number of nitro groups is 1. The van der Waals surface area contributed by atoms with Gasteiger partial charge >= 0.3 is 5.69 Å². The number of amides is 2. The Kier molecular flexibility index (Phi) is 4.47. The quantitative estimate of drug-likeness (QED) is 0.489. The SMILES string of the molecule is O=C1S/C(=C\c2cc(Cl)cc([N+](=O)[O-])c2O)C(=O)N1c1ccccc1. The lowest BCUT2D eigenvalue weighted by molar-refractivity contribution is -0.385. The summed E-state index contributed by atoms with van der Waals surface area (Å²) in [5.74, 6) is -1.20. The highest BCUT2D eigenvalue weighted by atomic mass is 35.5. The molecule has 2 aromatic carbocycles. The van der Waals surface area contributed by atoms with Gasteiger partial charge in [-0.15, -0.1) is 0 Å². The molecule has 1 saturated heterocycles. The number of nitro benzene ring substituents is 1. The molecular formula is C16H9ClN2O5S. The highest BCUT2D eigenvalue weighted by Crippen LogP contribution is 2.39. The van der Waals surface area contributed by atoms with Crippen molar-refractivity contribution in [2.45, 2.75) is 0 Å². The Balaban J connectivity index is 2.02. The van der Waals surface area contributed by atoms with E-state index in [-0.39, 0.29) is 15.5 Å². The number of phenols is 1. The second kappa shape index (κ2) is 6.58. The number of thioether (sulfide) groups is 1. The molecular weight excluding hydrogens is 368 g/mol. The lowest BCUT2D eigenvalue weighted by Gasteiger charge is -2.11. The minimum atomic E-state index is -0.783. The summed E-state index contributed by atoms with van der Waals surface area (Å²) in [4.78, 5) is 35.8. The van der Waals surface area contributed by atoms with Gasteiger partial charge in [0.2, 0.25) is 5.75 Å². The number of hydrogen-bond donors (Lipinski definition) is 1. The molecule has 0 radical (unpaired) electrons. The van der Waals surface area contributed by atoms with Crippen molar-refractivity contribution in [2.75, 3.05) is 4.90 Å². The predicted octanol–water partition coefficient (Wildman–Crippen LogP) is 4.19. The molecule has 0 aromatic heterocycles. The number of aromatic hydroxyl groups is 1. The van der Waals surface area contributed by atoms with Crippen molar-refractivity contribution in [3.05, 3.63) is 68.1 Å². The molecule has 0 bridgehead atoms. The molecule has 7 nitrogen and oxygen atoms in total. The maximum atomic E-state index is 12.5. The summed E-state index contributed by atoms with van der Waals surface area (Å²) in [6.45, 7) is 0. The number of para-hydroxylation sites is 1. The van der Waals surface area contributed by atoms with Gasteiger partial charge in [-0.2, -0.15) is 0 Å². The molecule has 0 unspecified atom stereocenters. The molecule has 1 fully saturated rings. The Hall–Kier alpha value is -2.84. The zero-order chi connectivity index (χ0) is 18.1. The Labute approximate surface area is 150 Å². The molecule has 9 heteroatoms. The van der Waals surface area contributed by atoms with Crippen LogP contribution in [-0.2, 0) is 4.79 Å². The monoisotopic (exact) mass is 376 g/mol. The summed E-state index contributed by atoms with van der Waals surface area (Å²) in [5.41, 5.74) is -0.187. The van der Waals surface area contributed by atoms with Gasteiger partial charge in [0, 0.05) is 16.7 Å². The lowest BCUT2D eigenvalue weighted by Crippen LogP contribution is -2.27. The second-order valence-corrected chi connectivity index (χ2v) is 6.40. The van der Waals surface area contributed by atoms with E-state index in [9.17, 15) is 24.8 Å². The Morgan fingerprint density at radius 2 is 1.88 bits per heavy atom. The van der Waals surface area contributed by atoms with E-state index in [0.717, 1.165) is 11.0 Å². The van der Waals surface area contributed by atoms with Crippen LogP contribution in [0.3, 0.4) is 0 Å². The molecule has 0 atom stereocenters. The number of phenolic OH excluding ortho intramolecular Hbond substituents is 1. The predicted molar refractivity (Wildman–Crippen MR) is 94.7 cm³/mol. The van der Waals surface area contributed by atoms with E-state index in [2.05, 4.69) is 0 Å². The van der Waals surface area contributed by atoms with Crippen LogP contribution in [0.15, 0.2) is 47.4 Å². The number of carbonyl (C=O) groups excluding carboxylic acids is 2. The summed E-state index contributed by atoms with van der Waals surface area (Å²) in [6.07, 6.45) is 1.21. The van der Waals surface area contributed by atoms with Gasteiger partial charge in [-0.05, 0) is 36.0 Å². The first kappa shape index (κ1) is 17.0. The number of rotatable bonds is 3. The van der Waals surface area contributed by atoms with Crippen LogP contribution in [-0.4, -0.2) is 21.2 Å². The van der Waals surface area contributed by atoms with Crippen molar-refractivity contribution >= 4 is 52.0 Å². The molecule has 3 rings (SSSR count). The minimum Gasteiger partial charge on any atom is -0.502 e. The van der Waals surface area contributed by atoms with Crippen molar-refractivity contribution in [3.8, 4) is 5.75 Å². The van der Waals surface area contributed by atoms with Crippen LogP contribution < -0.4 is 4.90 Å². The smallest absolute Gasteiger partial charge is 0.312 e. The summed E-state index contributed by atoms with van der Waals surface area (Å²) in [7, 11) is 0. The topological polar surface area (TPSA) is 101 Å². The van der Waals surface area contributed by atoms with E-state index in [1.54, 1.807) is 30.3 Å². The van der Waals surface area contributed by atoms with E-state index in [1.807, 2.05) is 0 Å². The molecule has 2 aromatic rings. The minimum absolute atomic E-state index is 0.0160. The zero-order valence-corrected chi connectivity index (χ0v) is 14.0. The summed E-state index contributed by atoms with van der Waals surface area (Å²) < 4.78 is 0. The van der Waals surface area contributed by atoms with Gasteiger partial charge in [0.15, 0.2) is 0 Å². The molecule has 1 heterocycles. The van der Waals surface area contributed by atoms with Crippen LogP contribution in [0, 0.1) is 10.1 Å². The van der Waals surface area contributed by atoms with Gasteiger partial charge in [-0.3, -0.25) is 19.7 Å². The maximum Gasteiger partial charge on any atom is 0.312 e. The molecule has 126 valence electrons. The first-order chi connectivity index (χ1) is 11.9. The Morgan fingerprint density at radius 1 is 1.20 bits per heavy atom. The first-order valence-electron chi connectivity index (χ1n) is 6.88. The Morgan fingerprint density at radius 3 is 2.52 bits per heavy atom. The van der Waals surface area contributed by atoms with Gasteiger partial charge in [-0.1, -0.05) is 29.8 Å². The zero-order valence-electron chi connectivity index (χ0n) is 12.4. The fraction of sp³-hybridized carbons (Fsp3) is 0. The molecule has 2 amide bonds. The standard InChI is InChI=1S/C16H9ClN2O5S/c17-10-6-9(14(20)12(8-10)19(23)24)7-13-15(21)18(16(22)25-13)11-4-2-1-3-5-11/h1-8,20H/b13-7-.